The molecule has 6 nitrogen and oxygen atoms in total. The number of carbonyl (C=O) groups is 1. The Bertz CT molecular complexity index is 483. The summed E-state index contributed by atoms with van der Waals surface area (Å²) in [5.74, 6) is 1.30. The molecule has 6 heteroatoms. The number of methoxy groups -OCH3 is 2. The van der Waals surface area contributed by atoms with Crippen LogP contribution in [0.15, 0.2) is 18.2 Å². The zero-order valence-electron chi connectivity index (χ0n) is 13.2. The second-order valence-electron chi connectivity index (χ2n) is 5.60. The molecule has 0 saturated heterocycles. The Labute approximate surface area is 125 Å². The van der Waals surface area contributed by atoms with Crippen molar-refractivity contribution in [3.63, 3.8) is 0 Å². The molecule has 0 spiro atoms. The SMILES string of the molecule is COc1ccc([C@H](N)CNC(=O)OC(C)(C)C)c(OC)c1. The molecular formula is C15H24N2O4. The van der Waals surface area contributed by atoms with E-state index in [1.165, 1.54) is 0 Å². The normalized spacial score (nSPS) is 12.5. The lowest BCUT2D eigenvalue weighted by Gasteiger charge is -2.21. The van der Waals surface area contributed by atoms with Crippen molar-refractivity contribution in [1.82, 2.24) is 5.32 Å². The topological polar surface area (TPSA) is 82.8 Å². The van der Waals surface area contributed by atoms with Crippen LogP contribution >= 0.6 is 0 Å². The summed E-state index contributed by atoms with van der Waals surface area (Å²) in [6, 6.07) is 4.96. The Morgan fingerprint density at radius 3 is 2.48 bits per heavy atom. The Balaban J connectivity index is 2.67. The maximum absolute atomic E-state index is 11.6. The zero-order valence-corrected chi connectivity index (χ0v) is 13.2. The van der Waals surface area contributed by atoms with Gasteiger partial charge in [-0.1, -0.05) is 6.07 Å². The van der Waals surface area contributed by atoms with Crippen LogP contribution < -0.4 is 20.5 Å². The van der Waals surface area contributed by atoms with Crippen molar-refractivity contribution >= 4 is 6.09 Å². The fourth-order valence-electron chi connectivity index (χ4n) is 1.74. The molecule has 3 N–H and O–H groups in total. The zero-order chi connectivity index (χ0) is 16.0. The molecular weight excluding hydrogens is 272 g/mol. The van der Waals surface area contributed by atoms with E-state index in [0.717, 1.165) is 5.56 Å². The van der Waals surface area contributed by atoms with Gasteiger partial charge < -0.3 is 25.3 Å². The molecule has 1 amide bonds. The number of ether oxygens (including phenoxy) is 3. The van der Waals surface area contributed by atoms with Crippen LogP contribution in [0.3, 0.4) is 0 Å². The van der Waals surface area contributed by atoms with E-state index in [4.69, 9.17) is 19.9 Å². The van der Waals surface area contributed by atoms with Crippen LogP contribution in [0.5, 0.6) is 11.5 Å². The monoisotopic (exact) mass is 296 g/mol. The van der Waals surface area contributed by atoms with Gasteiger partial charge in [0.15, 0.2) is 0 Å². The van der Waals surface area contributed by atoms with E-state index in [2.05, 4.69) is 5.32 Å². The standard InChI is InChI=1S/C15H24N2O4/c1-15(2,3)21-14(18)17-9-12(16)11-7-6-10(19-4)8-13(11)20-5/h6-8,12H,9,16H2,1-5H3,(H,17,18)/t12-/m1/s1. The van der Waals surface area contributed by atoms with Gasteiger partial charge in [-0.05, 0) is 26.8 Å². The summed E-state index contributed by atoms with van der Waals surface area (Å²) in [6.07, 6.45) is -0.495. The van der Waals surface area contributed by atoms with Gasteiger partial charge in [0.1, 0.15) is 17.1 Å². The highest BCUT2D eigenvalue weighted by molar-refractivity contribution is 5.67. The first-order valence-corrected chi connectivity index (χ1v) is 6.71. The predicted molar refractivity (Wildman–Crippen MR) is 80.7 cm³/mol. The molecule has 0 aliphatic rings. The molecule has 1 aromatic carbocycles. The number of alkyl carbamates (subject to hydrolysis) is 1. The molecule has 0 bridgehead atoms. The van der Waals surface area contributed by atoms with Crippen LogP contribution in [0.25, 0.3) is 0 Å². The van der Waals surface area contributed by atoms with E-state index in [9.17, 15) is 4.79 Å². The first-order valence-electron chi connectivity index (χ1n) is 6.71. The van der Waals surface area contributed by atoms with Crippen molar-refractivity contribution in [2.75, 3.05) is 20.8 Å². The number of nitrogens with one attached hydrogen (secondary N) is 1. The predicted octanol–water partition coefficient (Wildman–Crippen LogP) is 2.23. The summed E-state index contributed by atoms with van der Waals surface area (Å²) >= 11 is 0. The van der Waals surface area contributed by atoms with Gasteiger partial charge in [0, 0.05) is 18.2 Å². The Kier molecular flexibility index (Phi) is 5.84. The highest BCUT2D eigenvalue weighted by atomic mass is 16.6. The lowest BCUT2D eigenvalue weighted by atomic mass is 10.1. The molecule has 1 aromatic rings. The first kappa shape index (κ1) is 17.1. The number of rotatable bonds is 5. The van der Waals surface area contributed by atoms with E-state index < -0.39 is 17.7 Å². The van der Waals surface area contributed by atoms with Crippen molar-refractivity contribution in [2.24, 2.45) is 5.73 Å². The van der Waals surface area contributed by atoms with Crippen LogP contribution in [-0.4, -0.2) is 32.5 Å². The molecule has 1 rings (SSSR count). The maximum Gasteiger partial charge on any atom is 0.407 e. The minimum atomic E-state index is -0.536. The summed E-state index contributed by atoms with van der Waals surface area (Å²) in [4.78, 5) is 11.6. The second kappa shape index (κ2) is 7.17. The van der Waals surface area contributed by atoms with Crippen LogP contribution in [-0.2, 0) is 4.74 Å². The van der Waals surface area contributed by atoms with Gasteiger partial charge in [-0.25, -0.2) is 4.79 Å². The van der Waals surface area contributed by atoms with Gasteiger partial charge in [-0.2, -0.15) is 0 Å². The number of amides is 1. The lowest BCUT2D eigenvalue weighted by Crippen LogP contribution is -2.36. The van der Waals surface area contributed by atoms with Crippen LogP contribution in [0.4, 0.5) is 4.79 Å². The smallest absolute Gasteiger partial charge is 0.407 e. The van der Waals surface area contributed by atoms with E-state index in [-0.39, 0.29) is 6.54 Å². The van der Waals surface area contributed by atoms with Crippen molar-refractivity contribution in [1.29, 1.82) is 0 Å². The van der Waals surface area contributed by atoms with Gasteiger partial charge in [-0.15, -0.1) is 0 Å². The number of carbonyl (C=O) groups excluding carboxylic acids is 1. The van der Waals surface area contributed by atoms with Crippen LogP contribution in [0.1, 0.15) is 32.4 Å². The van der Waals surface area contributed by atoms with Gasteiger partial charge in [-0.3, -0.25) is 0 Å². The maximum atomic E-state index is 11.6. The average Bonchev–Trinajstić information content (AvgIpc) is 2.42. The number of hydrogen-bond donors (Lipinski definition) is 2. The van der Waals surface area contributed by atoms with E-state index in [1.807, 2.05) is 6.07 Å². The summed E-state index contributed by atoms with van der Waals surface area (Å²) in [5, 5.41) is 2.64. The van der Waals surface area contributed by atoms with Gasteiger partial charge in [0.2, 0.25) is 0 Å². The molecule has 0 saturated carbocycles. The third-order valence-electron chi connectivity index (χ3n) is 2.71. The highest BCUT2D eigenvalue weighted by Crippen LogP contribution is 2.28. The minimum absolute atomic E-state index is 0.248. The van der Waals surface area contributed by atoms with Gasteiger partial charge in [0.05, 0.1) is 20.3 Å². The largest absolute Gasteiger partial charge is 0.497 e. The molecule has 0 aromatic heterocycles. The van der Waals surface area contributed by atoms with Crippen LogP contribution in [0, 0.1) is 0 Å². The second-order valence-corrected chi connectivity index (χ2v) is 5.60. The van der Waals surface area contributed by atoms with Crippen LogP contribution in [0.2, 0.25) is 0 Å². The fourth-order valence-corrected chi connectivity index (χ4v) is 1.74. The third-order valence-corrected chi connectivity index (χ3v) is 2.71. The summed E-state index contributed by atoms with van der Waals surface area (Å²) in [6.45, 7) is 5.66. The molecule has 0 heterocycles. The highest BCUT2D eigenvalue weighted by Gasteiger charge is 2.18. The van der Waals surface area contributed by atoms with Crippen molar-refractivity contribution in [3.8, 4) is 11.5 Å². The quantitative estimate of drug-likeness (QED) is 0.870. The number of nitrogens with two attached hydrogens (primary N) is 1. The Morgan fingerprint density at radius 2 is 1.95 bits per heavy atom. The number of benzene rings is 1. The molecule has 0 unspecified atom stereocenters. The molecule has 0 fully saturated rings. The molecule has 21 heavy (non-hydrogen) atoms. The van der Waals surface area contributed by atoms with E-state index in [1.54, 1.807) is 47.1 Å². The first-order chi connectivity index (χ1) is 9.76. The summed E-state index contributed by atoms with van der Waals surface area (Å²) in [5.41, 5.74) is 6.33. The Hall–Kier alpha value is -1.95. The van der Waals surface area contributed by atoms with Gasteiger partial charge in [0.25, 0.3) is 0 Å². The summed E-state index contributed by atoms with van der Waals surface area (Å²) in [7, 11) is 3.14. The Morgan fingerprint density at radius 1 is 1.29 bits per heavy atom. The van der Waals surface area contributed by atoms with Crippen molar-refractivity contribution in [2.45, 2.75) is 32.4 Å². The van der Waals surface area contributed by atoms with Crippen molar-refractivity contribution in [3.05, 3.63) is 23.8 Å². The lowest BCUT2D eigenvalue weighted by molar-refractivity contribution is 0.0524. The van der Waals surface area contributed by atoms with E-state index >= 15 is 0 Å². The van der Waals surface area contributed by atoms with Gasteiger partial charge >= 0.3 is 6.09 Å². The molecule has 0 radical (unpaired) electrons. The number of hydrogen-bond acceptors (Lipinski definition) is 5. The molecule has 1 atom stereocenters. The molecule has 0 aliphatic heterocycles. The third kappa shape index (κ3) is 5.51. The average molecular weight is 296 g/mol. The van der Waals surface area contributed by atoms with E-state index in [0.29, 0.717) is 11.5 Å². The molecule has 0 aliphatic carbocycles. The fraction of sp³-hybridized carbons (Fsp3) is 0.533. The minimum Gasteiger partial charge on any atom is -0.497 e. The van der Waals surface area contributed by atoms with Crippen molar-refractivity contribution < 1.29 is 19.0 Å². The molecule has 118 valence electrons. The summed E-state index contributed by atoms with van der Waals surface area (Å²) < 4.78 is 15.6.